The van der Waals surface area contributed by atoms with Gasteiger partial charge in [-0.25, -0.2) is 0 Å². The molecule has 21 heavy (non-hydrogen) atoms. The van der Waals surface area contributed by atoms with Crippen molar-refractivity contribution in [1.82, 2.24) is 20.0 Å². The molecule has 0 bridgehead atoms. The molecule has 3 rings (SSSR count). The Morgan fingerprint density at radius 3 is 2.48 bits per heavy atom. The third-order valence-electron chi connectivity index (χ3n) is 4.22. The first-order valence-corrected chi connectivity index (χ1v) is 7.63. The molecule has 1 unspecified atom stereocenters. The maximum Gasteiger partial charge on any atom is 0.247 e. The lowest BCUT2D eigenvalue weighted by molar-refractivity contribution is 0.0948. The fourth-order valence-electron chi connectivity index (χ4n) is 2.72. The Morgan fingerprint density at radius 2 is 1.81 bits per heavy atom. The van der Waals surface area contributed by atoms with E-state index in [4.69, 9.17) is 4.42 Å². The number of likely N-dealkylation sites (N-methyl/N-ethyl adjacent to an activating group) is 1. The fourth-order valence-corrected chi connectivity index (χ4v) is 2.72. The summed E-state index contributed by atoms with van der Waals surface area (Å²) in [6.07, 6.45) is 0. The van der Waals surface area contributed by atoms with Gasteiger partial charge in [-0.2, -0.15) is 0 Å². The Labute approximate surface area is 125 Å². The van der Waals surface area contributed by atoms with Crippen LogP contribution in [0.25, 0.3) is 11.5 Å². The normalized spacial score (nSPS) is 18.8. The summed E-state index contributed by atoms with van der Waals surface area (Å²) < 4.78 is 5.86. The first-order chi connectivity index (χ1) is 10.3. The van der Waals surface area contributed by atoms with E-state index in [1.54, 1.807) is 0 Å². The number of benzene rings is 1. The van der Waals surface area contributed by atoms with Crippen molar-refractivity contribution in [3.05, 3.63) is 36.2 Å². The molecule has 1 saturated heterocycles. The molecule has 1 atom stereocenters. The Hall–Kier alpha value is -1.72. The lowest BCUT2D eigenvalue weighted by Crippen LogP contribution is -2.46. The minimum absolute atomic E-state index is 0.175. The van der Waals surface area contributed by atoms with Crippen LogP contribution in [0.4, 0.5) is 0 Å². The molecule has 1 aromatic carbocycles. The van der Waals surface area contributed by atoms with Crippen LogP contribution in [0.5, 0.6) is 0 Å². The first-order valence-electron chi connectivity index (χ1n) is 7.63. The summed E-state index contributed by atoms with van der Waals surface area (Å²) in [5.74, 6) is 1.31. The maximum atomic E-state index is 5.86. The second-order valence-electron chi connectivity index (χ2n) is 5.46. The van der Waals surface area contributed by atoms with Crippen LogP contribution in [0.2, 0.25) is 0 Å². The molecule has 2 aromatic rings. The number of hydrogen-bond acceptors (Lipinski definition) is 5. The standard InChI is InChI=1S/C16H22N4O/c1-3-19-9-11-20(12-10-19)13(2)15-17-18-16(21-15)14-7-5-4-6-8-14/h4-8,13H,3,9-12H2,1-2H3. The second-order valence-corrected chi connectivity index (χ2v) is 5.46. The summed E-state index contributed by atoms with van der Waals surface area (Å²) in [6.45, 7) is 9.81. The van der Waals surface area contributed by atoms with E-state index in [1.807, 2.05) is 30.3 Å². The van der Waals surface area contributed by atoms with E-state index in [1.165, 1.54) is 0 Å². The zero-order chi connectivity index (χ0) is 14.7. The van der Waals surface area contributed by atoms with E-state index >= 15 is 0 Å². The molecule has 5 heteroatoms. The maximum absolute atomic E-state index is 5.86. The molecule has 112 valence electrons. The zero-order valence-electron chi connectivity index (χ0n) is 12.7. The smallest absolute Gasteiger partial charge is 0.247 e. The van der Waals surface area contributed by atoms with Crippen molar-refractivity contribution in [2.45, 2.75) is 19.9 Å². The monoisotopic (exact) mass is 286 g/mol. The molecule has 1 aliphatic heterocycles. The quantitative estimate of drug-likeness (QED) is 0.864. The van der Waals surface area contributed by atoms with Crippen LogP contribution in [0, 0.1) is 0 Å². The Kier molecular flexibility index (Phi) is 4.31. The molecular weight excluding hydrogens is 264 g/mol. The molecule has 0 spiro atoms. The van der Waals surface area contributed by atoms with Crippen LogP contribution in [-0.4, -0.2) is 52.7 Å². The first kappa shape index (κ1) is 14.2. The number of nitrogens with zero attached hydrogens (tertiary/aromatic N) is 4. The molecular formula is C16H22N4O. The summed E-state index contributed by atoms with van der Waals surface area (Å²) in [6, 6.07) is 10.1. The van der Waals surface area contributed by atoms with Gasteiger partial charge in [0.2, 0.25) is 11.8 Å². The predicted molar refractivity (Wildman–Crippen MR) is 81.8 cm³/mol. The van der Waals surface area contributed by atoms with Crippen molar-refractivity contribution in [2.24, 2.45) is 0 Å². The van der Waals surface area contributed by atoms with E-state index in [0.717, 1.165) is 38.3 Å². The van der Waals surface area contributed by atoms with Crippen LogP contribution in [0.15, 0.2) is 34.7 Å². The topological polar surface area (TPSA) is 45.4 Å². The van der Waals surface area contributed by atoms with Gasteiger partial charge >= 0.3 is 0 Å². The molecule has 0 aliphatic carbocycles. The Balaban J connectivity index is 1.69. The second kappa shape index (κ2) is 6.37. The van der Waals surface area contributed by atoms with Gasteiger partial charge in [0.15, 0.2) is 0 Å². The summed E-state index contributed by atoms with van der Waals surface area (Å²) in [5.41, 5.74) is 0.972. The SMILES string of the molecule is CCN1CCN(C(C)c2nnc(-c3ccccc3)o2)CC1. The highest BCUT2D eigenvalue weighted by atomic mass is 16.4. The Bertz CT molecular complexity index is 561. The number of aromatic nitrogens is 2. The molecule has 5 nitrogen and oxygen atoms in total. The molecule has 1 aliphatic rings. The summed E-state index contributed by atoms with van der Waals surface area (Å²) in [7, 11) is 0. The van der Waals surface area contributed by atoms with Crippen molar-refractivity contribution in [3.8, 4) is 11.5 Å². The average molecular weight is 286 g/mol. The lowest BCUT2D eigenvalue weighted by Gasteiger charge is -2.36. The highest BCUT2D eigenvalue weighted by Gasteiger charge is 2.25. The van der Waals surface area contributed by atoms with Crippen molar-refractivity contribution in [1.29, 1.82) is 0 Å². The van der Waals surface area contributed by atoms with Crippen LogP contribution < -0.4 is 0 Å². The van der Waals surface area contributed by atoms with Gasteiger partial charge in [0, 0.05) is 31.7 Å². The number of hydrogen-bond donors (Lipinski definition) is 0. The van der Waals surface area contributed by atoms with Gasteiger partial charge in [-0.15, -0.1) is 10.2 Å². The third kappa shape index (κ3) is 3.14. The van der Waals surface area contributed by atoms with Crippen LogP contribution in [0.1, 0.15) is 25.8 Å². The van der Waals surface area contributed by atoms with Gasteiger partial charge in [0.1, 0.15) is 0 Å². The highest BCUT2D eigenvalue weighted by molar-refractivity contribution is 5.51. The largest absolute Gasteiger partial charge is 0.419 e. The summed E-state index contributed by atoms with van der Waals surface area (Å²) in [4.78, 5) is 4.88. The van der Waals surface area contributed by atoms with Gasteiger partial charge in [-0.05, 0) is 25.6 Å². The van der Waals surface area contributed by atoms with E-state index in [0.29, 0.717) is 11.8 Å². The molecule has 0 N–H and O–H groups in total. The van der Waals surface area contributed by atoms with Crippen LogP contribution >= 0.6 is 0 Å². The predicted octanol–water partition coefficient (Wildman–Crippen LogP) is 2.44. The molecule has 0 amide bonds. The van der Waals surface area contributed by atoms with E-state index in [9.17, 15) is 0 Å². The molecule has 2 heterocycles. The average Bonchev–Trinajstić information content (AvgIpc) is 3.05. The van der Waals surface area contributed by atoms with Crippen LogP contribution in [0.3, 0.4) is 0 Å². The van der Waals surface area contributed by atoms with Crippen LogP contribution in [-0.2, 0) is 0 Å². The molecule has 0 saturated carbocycles. The third-order valence-corrected chi connectivity index (χ3v) is 4.22. The van der Waals surface area contributed by atoms with Gasteiger partial charge in [-0.3, -0.25) is 4.90 Å². The van der Waals surface area contributed by atoms with E-state index in [2.05, 4.69) is 33.8 Å². The zero-order valence-corrected chi connectivity index (χ0v) is 12.7. The van der Waals surface area contributed by atoms with Crippen molar-refractivity contribution >= 4 is 0 Å². The van der Waals surface area contributed by atoms with Crippen molar-refractivity contribution in [3.63, 3.8) is 0 Å². The molecule has 1 fully saturated rings. The van der Waals surface area contributed by atoms with Gasteiger partial charge in [0.05, 0.1) is 6.04 Å². The fraction of sp³-hybridized carbons (Fsp3) is 0.500. The van der Waals surface area contributed by atoms with Crippen molar-refractivity contribution in [2.75, 3.05) is 32.7 Å². The lowest BCUT2D eigenvalue weighted by atomic mass is 10.2. The molecule has 0 radical (unpaired) electrons. The van der Waals surface area contributed by atoms with Gasteiger partial charge in [0.25, 0.3) is 0 Å². The highest BCUT2D eigenvalue weighted by Crippen LogP contribution is 2.24. The van der Waals surface area contributed by atoms with Gasteiger partial charge in [-0.1, -0.05) is 25.1 Å². The summed E-state index contributed by atoms with van der Waals surface area (Å²) >= 11 is 0. The van der Waals surface area contributed by atoms with Crippen molar-refractivity contribution < 1.29 is 4.42 Å². The van der Waals surface area contributed by atoms with Gasteiger partial charge < -0.3 is 9.32 Å². The summed E-state index contributed by atoms with van der Waals surface area (Å²) in [5, 5.41) is 8.41. The minimum atomic E-state index is 0.175. The molecule has 1 aromatic heterocycles. The van der Waals surface area contributed by atoms with E-state index < -0.39 is 0 Å². The minimum Gasteiger partial charge on any atom is -0.419 e. The number of piperazine rings is 1. The number of rotatable bonds is 4. The Morgan fingerprint density at radius 1 is 1.10 bits per heavy atom. The van der Waals surface area contributed by atoms with E-state index in [-0.39, 0.29) is 6.04 Å².